The zero-order valence-electron chi connectivity index (χ0n) is 13.1. The van der Waals surface area contributed by atoms with Gasteiger partial charge in [-0.25, -0.2) is 4.68 Å². The highest BCUT2D eigenvalue weighted by molar-refractivity contribution is 5.67. The molecule has 2 atom stereocenters. The number of aromatic nitrogens is 4. The molecule has 0 amide bonds. The van der Waals surface area contributed by atoms with Crippen LogP contribution in [0.1, 0.15) is 65.7 Å². The highest BCUT2D eigenvalue weighted by Gasteiger charge is 2.25. The lowest BCUT2D eigenvalue weighted by Gasteiger charge is -2.27. The quantitative estimate of drug-likeness (QED) is 0.831. The maximum absolute atomic E-state index is 11.0. The fraction of sp³-hybridized carbons (Fsp3) is 0.857. The van der Waals surface area contributed by atoms with Crippen LogP contribution in [-0.2, 0) is 11.2 Å². The topological polar surface area (TPSA) is 80.9 Å². The fourth-order valence-electron chi connectivity index (χ4n) is 2.06. The van der Waals surface area contributed by atoms with Crippen LogP contribution in [0.4, 0.5) is 0 Å². The van der Waals surface area contributed by atoms with Crippen molar-refractivity contribution in [3.8, 4) is 0 Å². The van der Waals surface area contributed by atoms with Crippen molar-refractivity contribution in [2.75, 3.05) is 0 Å². The van der Waals surface area contributed by atoms with E-state index in [1.807, 2.05) is 6.92 Å². The van der Waals surface area contributed by atoms with Crippen LogP contribution in [0, 0.1) is 11.3 Å². The molecule has 1 N–H and O–H groups in total. The van der Waals surface area contributed by atoms with Crippen molar-refractivity contribution in [3.05, 3.63) is 5.82 Å². The molecule has 20 heavy (non-hydrogen) atoms. The number of carbonyl (C=O) groups is 1. The summed E-state index contributed by atoms with van der Waals surface area (Å²) in [6, 6.07) is -0.158. The summed E-state index contributed by atoms with van der Waals surface area (Å²) in [5.41, 5.74) is 0.170. The van der Waals surface area contributed by atoms with Gasteiger partial charge in [-0.05, 0) is 28.2 Å². The van der Waals surface area contributed by atoms with Gasteiger partial charge in [-0.3, -0.25) is 4.79 Å². The molecule has 6 nitrogen and oxygen atoms in total. The van der Waals surface area contributed by atoms with Crippen LogP contribution in [0.2, 0.25) is 0 Å². The first-order chi connectivity index (χ1) is 9.25. The zero-order valence-corrected chi connectivity index (χ0v) is 13.1. The summed E-state index contributed by atoms with van der Waals surface area (Å²) in [4.78, 5) is 11.0. The summed E-state index contributed by atoms with van der Waals surface area (Å²) in [5.74, 6) is 0.389. The van der Waals surface area contributed by atoms with Crippen molar-refractivity contribution in [3.63, 3.8) is 0 Å². The zero-order chi connectivity index (χ0) is 15.3. The number of hydrogen-bond donors (Lipinski definition) is 1. The van der Waals surface area contributed by atoms with E-state index in [-0.39, 0.29) is 17.9 Å². The third-order valence-electron chi connectivity index (χ3n) is 3.91. The Kier molecular flexibility index (Phi) is 5.65. The van der Waals surface area contributed by atoms with E-state index in [4.69, 9.17) is 5.11 Å². The lowest BCUT2D eigenvalue weighted by molar-refractivity contribution is -0.138. The molecule has 6 heteroatoms. The van der Waals surface area contributed by atoms with E-state index in [1.54, 1.807) is 4.68 Å². The van der Waals surface area contributed by atoms with E-state index in [1.165, 1.54) is 0 Å². The predicted octanol–water partition coefficient (Wildman–Crippen LogP) is 2.71. The number of carboxylic acids is 1. The Labute approximate surface area is 120 Å². The number of aliphatic carboxylic acids is 1. The smallest absolute Gasteiger partial charge is 0.305 e. The third-order valence-corrected chi connectivity index (χ3v) is 3.91. The molecule has 1 rings (SSSR count). The van der Waals surface area contributed by atoms with Crippen molar-refractivity contribution < 1.29 is 9.90 Å². The van der Waals surface area contributed by atoms with Crippen molar-refractivity contribution in [1.29, 1.82) is 0 Å². The van der Waals surface area contributed by atoms with Gasteiger partial charge in [-0.1, -0.05) is 41.0 Å². The maximum Gasteiger partial charge on any atom is 0.305 e. The number of tetrazole rings is 1. The maximum atomic E-state index is 11.0. The highest BCUT2D eigenvalue weighted by Crippen LogP contribution is 2.29. The molecule has 1 aromatic rings. The van der Waals surface area contributed by atoms with Crippen LogP contribution >= 0.6 is 0 Å². The van der Waals surface area contributed by atoms with Crippen molar-refractivity contribution in [2.45, 2.75) is 66.3 Å². The number of nitrogens with zero attached hydrogens (tertiary/aromatic N) is 4. The minimum atomic E-state index is -0.811. The SMILES string of the molecule is CCCC(CC(=O)O)n1nnnc1CC(C)C(C)(C)C. The van der Waals surface area contributed by atoms with Crippen LogP contribution in [0.5, 0.6) is 0 Å². The first-order valence-electron chi connectivity index (χ1n) is 7.24. The van der Waals surface area contributed by atoms with E-state index in [0.29, 0.717) is 5.92 Å². The van der Waals surface area contributed by atoms with Gasteiger partial charge in [-0.15, -0.1) is 5.10 Å². The molecule has 0 saturated carbocycles. The summed E-state index contributed by atoms with van der Waals surface area (Å²) < 4.78 is 1.71. The third kappa shape index (κ3) is 4.58. The lowest BCUT2D eigenvalue weighted by atomic mass is 9.80. The van der Waals surface area contributed by atoms with Gasteiger partial charge in [0, 0.05) is 6.42 Å². The van der Waals surface area contributed by atoms with E-state index in [2.05, 4.69) is 43.2 Å². The number of carboxylic acid groups (broad SMARTS) is 1. The van der Waals surface area contributed by atoms with Crippen LogP contribution in [0.15, 0.2) is 0 Å². The van der Waals surface area contributed by atoms with Gasteiger partial charge in [0.25, 0.3) is 0 Å². The second-order valence-electron chi connectivity index (χ2n) is 6.55. The molecule has 114 valence electrons. The molecule has 0 aliphatic rings. The molecule has 0 radical (unpaired) electrons. The van der Waals surface area contributed by atoms with Gasteiger partial charge in [0.15, 0.2) is 5.82 Å². The van der Waals surface area contributed by atoms with E-state index in [9.17, 15) is 4.79 Å². The van der Waals surface area contributed by atoms with Gasteiger partial charge in [0.05, 0.1) is 12.5 Å². The molecule has 0 aromatic carbocycles. The Bertz CT molecular complexity index is 437. The van der Waals surface area contributed by atoms with E-state index < -0.39 is 5.97 Å². The van der Waals surface area contributed by atoms with Crippen molar-refractivity contribution >= 4 is 5.97 Å². The summed E-state index contributed by atoms with van der Waals surface area (Å²) in [7, 11) is 0. The van der Waals surface area contributed by atoms with E-state index in [0.717, 1.165) is 25.1 Å². The normalized spacial score (nSPS) is 15.1. The predicted molar refractivity (Wildman–Crippen MR) is 76.3 cm³/mol. The average Bonchev–Trinajstić information content (AvgIpc) is 2.74. The second-order valence-corrected chi connectivity index (χ2v) is 6.55. The molecule has 0 fully saturated rings. The van der Waals surface area contributed by atoms with Crippen molar-refractivity contribution in [1.82, 2.24) is 20.2 Å². The Hall–Kier alpha value is -1.46. The average molecular weight is 282 g/mol. The van der Waals surface area contributed by atoms with Crippen LogP contribution in [0.3, 0.4) is 0 Å². The Morgan fingerprint density at radius 2 is 2.05 bits per heavy atom. The van der Waals surface area contributed by atoms with Crippen LogP contribution < -0.4 is 0 Å². The molecular formula is C14H26N4O2. The second kappa shape index (κ2) is 6.81. The van der Waals surface area contributed by atoms with Crippen LogP contribution in [0.25, 0.3) is 0 Å². The number of hydrogen-bond acceptors (Lipinski definition) is 4. The van der Waals surface area contributed by atoms with Gasteiger partial charge >= 0.3 is 5.97 Å². The first-order valence-corrected chi connectivity index (χ1v) is 7.24. The Balaban J connectivity index is 2.90. The van der Waals surface area contributed by atoms with Crippen molar-refractivity contribution in [2.24, 2.45) is 11.3 Å². The summed E-state index contributed by atoms with van der Waals surface area (Å²) in [5, 5.41) is 20.9. The van der Waals surface area contributed by atoms with Gasteiger partial charge in [-0.2, -0.15) is 0 Å². The molecule has 2 unspecified atom stereocenters. The molecule has 1 aromatic heterocycles. The van der Waals surface area contributed by atoms with Gasteiger partial charge < -0.3 is 5.11 Å². The Morgan fingerprint density at radius 3 is 2.55 bits per heavy atom. The Morgan fingerprint density at radius 1 is 1.40 bits per heavy atom. The minimum absolute atomic E-state index is 0.0653. The summed E-state index contributed by atoms with van der Waals surface area (Å²) >= 11 is 0. The van der Waals surface area contributed by atoms with Crippen LogP contribution in [-0.4, -0.2) is 31.3 Å². The molecule has 0 saturated heterocycles. The molecular weight excluding hydrogens is 256 g/mol. The largest absolute Gasteiger partial charge is 0.481 e. The number of rotatable bonds is 7. The first kappa shape index (κ1) is 16.6. The van der Waals surface area contributed by atoms with E-state index >= 15 is 0 Å². The monoisotopic (exact) mass is 282 g/mol. The van der Waals surface area contributed by atoms with Gasteiger partial charge in [0.2, 0.25) is 0 Å². The molecule has 0 aliphatic heterocycles. The summed E-state index contributed by atoms with van der Waals surface area (Å²) in [6.45, 7) is 10.8. The molecule has 0 bridgehead atoms. The minimum Gasteiger partial charge on any atom is -0.481 e. The molecule has 0 spiro atoms. The molecule has 1 heterocycles. The fourth-order valence-corrected chi connectivity index (χ4v) is 2.06. The summed E-state index contributed by atoms with van der Waals surface area (Å²) in [6.07, 6.45) is 2.51. The lowest BCUT2D eigenvalue weighted by Crippen LogP contribution is -2.23. The van der Waals surface area contributed by atoms with Gasteiger partial charge in [0.1, 0.15) is 0 Å². The molecule has 0 aliphatic carbocycles. The standard InChI is InChI=1S/C14H26N4O2/c1-6-7-11(9-13(19)20)18-12(15-16-17-18)8-10(2)14(3,4)5/h10-11H,6-9H2,1-5H3,(H,19,20). The highest BCUT2D eigenvalue weighted by atomic mass is 16.4.